The maximum atomic E-state index is 10.9. The van der Waals surface area contributed by atoms with Crippen LogP contribution in [0.5, 0.6) is 0 Å². The van der Waals surface area contributed by atoms with Crippen molar-refractivity contribution in [2.75, 3.05) is 5.75 Å². The first-order valence-corrected chi connectivity index (χ1v) is 6.46. The Hall–Kier alpha value is -2.20. The maximum Gasteiger partial charge on any atom is 0.321 e. The number of nitrogens with two attached hydrogens (primary N) is 1. The molecule has 0 radical (unpaired) electrons. The molecule has 1 atom stereocenters. The molecule has 108 valence electrons. The van der Waals surface area contributed by atoms with Crippen LogP contribution in [0.2, 0.25) is 0 Å². The second kappa shape index (κ2) is 6.82. The Morgan fingerprint density at radius 3 is 2.50 bits per heavy atom. The number of carbonyl (C=O) groups is 1. The van der Waals surface area contributed by atoms with Gasteiger partial charge in [0.25, 0.3) is 11.4 Å². The molecule has 0 amide bonds. The van der Waals surface area contributed by atoms with Gasteiger partial charge in [-0.25, -0.2) is 0 Å². The molecule has 1 unspecified atom stereocenters. The number of rotatable bonds is 7. The average molecular weight is 301 g/mol. The van der Waals surface area contributed by atoms with Crippen LogP contribution in [0, 0.1) is 20.2 Å². The van der Waals surface area contributed by atoms with Crippen molar-refractivity contribution in [1.29, 1.82) is 0 Å². The van der Waals surface area contributed by atoms with Crippen LogP contribution in [0.15, 0.2) is 18.2 Å². The Labute approximate surface area is 117 Å². The molecule has 0 heterocycles. The molecular formula is C10H11N3O6S. The quantitative estimate of drug-likeness (QED) is 0.562. The van der Waals surface area contributed by atoms with Gasteiger partial charge < -0.3 is 10.8 Å². The fourth-order valence-electron chi connectivity index (χ4n) is 1.32. The molecule has 0 spiro atoms. The number of hydrogen-bond acceptors (Lipinski definition) is 7. The largest absolute Gasteiger partial charge is 0.480 e. The highest BCUT2D eigenvalue weighted by atomic mass is 32.2. The molecule has 0 aliphatic carbocycles. The van der Waals surface area contributed by atoms with E-state index in [4.69, 9.17) is 10.8 Å². The summed E-state index contributed by atoms with van der Waals surface area (Å²) in [5.74, 6) is -0.922. The Bertz CT molecular complexity index is 550. The van der Waals surface area contributed by atoms with Crippen molar-refractivity contribution in [3.8, 4) is 0 Å². The van der Waals surface area contributed by atoms with Crippen molar-refractivity contribution in [1.82, 2.24) is 0 Å². The van der Waals surface area contributed by atoms with Crippen molar-refractivity contribution in [3.05, 3.63) is 44.0 Å². The molecule has 1 rings (SSSR count). The summed E-state index contributed by atoms with van der Waals surface area (Å²) in [5.41, 5.74) is 4.85. The highest BCUT2D eigenvalue weighted by Gasteiger charge is 2.20. The second-order valence-electron chi connectivity index (χ2n) is 3.79. The molecule has 0 aliphatic heterocycles. The molecule has 0 aromatic heterocycles. The lowest BCUT2D eigenvalue weighted by atomic mass is 10.2. The van der Waals surface area contributed by atoms with E-state index in [1.54, 1.807) is 0 Å². The lowest BCUT2D eigenvalue weighted by molar-refractivity contribution is -0.394. The van der Waals surface area contributed by atoms with Crippen molar-refractivity contribution >= 4 is 29.1 Å². The molecule has 0 aliphatic rings. The summed E-state index contributed by atoms with van der Waals surface area (Å²) in [6.45, 7) is 0. The number of carboxylic acid groups (broad SMARTS) is 1. The van der Waals surface area contributed by atoms with Crippen molar-refractivity contribution < 1.29 is 19.7 Å². The smallest absolute Gasteiger partial charge is 0.321 e. The van der Waals surface area contributed by atoms with Gasteiger partial charge in [-0.2, -0.15) is 11.8 Å². The molecule has 9 nitrogen and oxygen atoms in total. The Morgan fingerprint density at radius 1 is 1.35 bits per heavy atom. The summed E-state index contributed by atoms with van der Waals surface area (Å²) in [4.78, 5) is 30.5. The second-order valence-corrected chi connectivity index (χ2v) is 4.82. The molecule has 1 aromatic carbocycles. The first kappa shape index (κ1) is 15.9. The number of thioether (sulfide) groups is 1. The zero-order valence-corrected chi connectivity index (χ0v) is 10.9. The zero-order valence-electron chi connectivity index (χ0n) is 10.1. The summed E-state index contributed by atoms with van der Waals surface area (Å²) in [6.07, 6.45) is 0. The first-order chi connectivity index (χ1) is 9.32. The zero-order chi connectivity index (χ0) is 15.3. The third-order valence-corrected chi connectivity index (χ3v) is 3.46. The van der Waals surface area contributed by atoms with Crippen molar-refractivity contribution in [2.45, 2.75) is 11.8 Å². The lowest BCUT2D eigenvalue weighted by Crippen LogP contribution is -2.32. The molecule has 10 heteroatoms. The van der Waals surface area contributed by atoms with Gasteiger partial charge in [-0.05, 0) is 6.07 Å². The van der Waals surface area contributed by atoms with Crippen LogP contribution >= 0.6 is 11.8 Å². The van der Waals surface area contributed by atoms with Gasteiger partial charge in [-0.1, -0.05) is 0 Å². The van der Waals surface area contributed by atoms with Crippen LogP contribution in [0.4, 0.5) is 11.4 Å². The minimum absolute atomic E-state index is 0.0868. The summed E-state index contributed by atoms with van der Waals surface area (Å²) < 4.78 is 0. The van der Waals surface area contributed by atoms with Crippen molar-refractivity contribution in [2.24, 2.45) is 5.73 Å². The molecule has 0 fully saturated rings. The first-order valence-electron chi connectivity index (χ1n) is 5.30. The highest BCUT2D eigenvalue weighted by Crippen LogP contribution is 2.27. The van der Waals surface area contributed by atoms with E-state index in [9.17, 15) is 25.0 Å². The number of carboxylic acids is 1. The molecule has 20 heavy (non-hydrogen) atoms. The number of nitro benzene ring substituents is 2. The van der Waals surface area contributed by atoms with E-state index >= 15 is 0 Å². The molecule has 0 saturated heterocycles. The third kappa shape index (κ3) is 4.17. The monoisotopic (exact) mass is 301 g/mol. The van der Waals surface area contributed by atoms with Gasteiger partial charge in [0.2, 0.25) is 0 Å². The van der Waals surface area contributed by atoms with Gasteiger partial charge in [0.05, 0.1) is 15.9 Å². The van der Waals surface area contributed by atoms with E-state index in [0.29, 0.717) is 0 Å². The van der Waals surface area contributed by atoms with Gasteiger partial charge in [0, 0.05) is 23.1 Å². The van der Waals surface area contributed by atoms with Gasteiger partial charge in [0.1, 0.15) is 6.04 Å². The van der Waals surface area contributed by atoms with Crippen LogP contribution in [-0.2, 0) is 10.5 Å². The molecular weight excluding hydrogens is 290 g/mol. The summed E-state index contributed by atoms with van der Waals surface area (Å²) >= 11 is 1.11. The van der Waals surface area contributed by atoms with E-state index in [-0.39, 0.29) is 28.4 Å². The number of non-ortho nitro benzene ring substituents is 1. The van der Waals surface area contributed by atoms with Gasteiger partial charge in [-0.15, -0.1) is 0 Å². The van der Waals surface area contributed by atoms with Crippen LogP contribution in [0.25, 0.3) is 0 Å². The topological polar surface area (TPSA) is 150 Å². The number of nitrogens with zero attached hydrogens (tertiary/aromatic N) is 2. The number of hydrogen-bond donors (Lipinski definition) is 2. The Morgan fingerprint density at radius 2 is 2.00 bits per heavy atom. The van der Waals surface area contributed by atoms with Crippen LogP contribution in [0.1, 0.15) is 5.56 Å². The normalized spacial score (nSPS) is 11.8. The summed E-state index contributed by atoms with van der Waals surface area (Å²) in [6, 6.07) is 2.28. The minimum Gasteiger partial charge on any atom is -0.480 e. The summed E-state index contributed by atoms with van der Waals surface area (Å²) in [5, 5.41) is 30.0. The predicted octanol–water partition coefficient (Wildman–Crippen LogP) is 1.15. The molecule has 0 bridgehead atoms. The number of aliphatic carboxylic acids is 1. The fraction of sp³-hybridized carbons (Fsp3) is 0.300. The van der Waals surface area contributed by atoms with Crippen LogP contribution in [-0.4, -0.2) is 32.7 Å². The number of nitro groups is 2. The lowest BCUT2D eigenvalue weighted by Gasteiger charge is -2.06. The fourth-order valence-corrected chi connectivity index (χ4v) is 2.30. The number of benzene rings is 1. The SMILES string of the molecule is NC(CSCc1ccc([N+](=O)[O-])cc1[N+](=O)[O-])C(=O)O. The highest BCUT2D eigenvalue weighted by molar-refractivity contribution is 7.98. The van der Waals surface area contributed by atoms with E-state index < -0.39 is 21.9 Å². The molecule has 0 saturated carbocycles. The Balaban J connectivity index is 2.82. The van der Waals surface area contributed by atoms with E-state index in [2.05, 4.69) is 0 Å². The van der Waals surface area contributed by atoms with Crippen LogP contribution in [0.3, 0.4) is 0 Å². The minimum atomic E-state index is -1.16. The average Bonchev–Trinajstić information content (AvgIpc) is 2.38. The van der Waals surface area contributed by atoms with E-state index in [0.717, 1.165) is 17.8 Å². The van der Waals surface area contributed by atoms with Crippen molar-refractivity contribution in [3.63, 3.8) is 0 Å². The van der Waals surface area contributed by atoms with E-state index in [1.807, 2.05) is 0 Å². The predicted molar refractivity (Wildman–Crippen MR) is 71.5 cm³/mol. The summed E-state index contributed by atoms with van der Waals surface area (Å²) in [7, 11) is 0. The molecule has 3 N–H and O–H groups in total. The van der Waals surface area contributed by atoms with Gasteiger partial charge in [-0.3, -0.25) is 25.0 Å². The van der Waals surface area contributed by atoms with Gasteiger partial charge >= 0.3 is 5.97 Å². The third-order valence-electron chi connectivity index (χ3n) is 2.35. The Kier molecular flexibility index (Phi) is 5.41. The van der Waals surface area contributed by atoms with Crippen LogP contribution < -0.4 is 5.73 Å². The maximum absolute atomic E-state index is 10.9. The van der Waals surface area contributed by atoms with Gasteiger partial charge in [0.15, 0.2) is 0 Å². The standard InChI is InChI=1S/C10H11N3O6S/c11-8(10(14)15)5-20-4-6-1-2-7(12(16)17)3-9(6)13(18)19/h1-3,8H,4-5,11H2,(H,14,15). The molecule has 1 aromatic rings. The van der Waals surface area contributed by atoms with E-state index in [1.165, 1.54) is 12.1 Å².